The van der Waals surface area contributed by atoms with Gasteiger partial charge in [-0.2, -0.15) is 4.99 Å². The third-order valence-electron chi connectivity index (χ3n) is 3.07. The van der Waals surface area contributed by atoms with Gasteiger partial charge >= 0.3 is 0 Å². The monoisotopic (exact) mass is 219 g/mol. The van der Waals surface area contributed by atoms with Crippen LogP contribution in [0.5, 0.6) is 0 Å². The molecule has 2 nitrogen and oxygen atoms in total. The van der Waals surface area contributed by atoms with Crippen LogP contribution in [0.3, 0.4) is 0 Å². The summed E-state index contributed by atoms with van der Waals surface area (Å²) in [6.07, 6.45) is 4.82. The molecule has 1 fully saturated rings. The largest absolute Gasteiger partial charge is 0.251 e. The summed E-state index contributed by atoms with van der Waals surface area (Å²) in [4.78, 5) is 14.2. The summed E-state index contributed by atoms with van der Waals surface area (Å²) in [6.45, 7) is -0.277. The van der Waals surface area contributed by atoms with Gasteiger partial charge < -0.3 is 0 Å². The minimum Gasteiger partial charge on any atom is -0.251 e. The summed E-state index contributed by atoms with van der Waals surface area (Å²) >= 11 is 0. The van der Waals surface area contributed by atoms with E-state index in [9.17, 15) is 9.18 Å². The highest BCUT2D eigenvalue weighted by molar-refractivity contribution is 5.41. The number of benzene rings is 1. The number of halogens is 1. The van der Waals surface area contributed by atoms with Crippen LogP contribution in [0.4, 0.5) is 4.39 Å². The molecule has 0 unspecified atom stereocenters. The second-order valence-electron chi connectivity index (χ2n) is 4.22. The Hall–Kier alpha value is -1.47. The number of hydrogen-bond acceptors (Lipinski definition) is 2. The molecule has 0 radical (unpaired) electrons. The quantitative estimate of drug-likeness (QED) is 0.553. The van der Waals surface area contributed by atoms with Crippen LogP contribution in [0.2, 0.25) is 0 Å². The van der Waals surface area contributed by atoms with Crippen molar-refractivity contribution < 1.29 is 9.18 Å². The van der Waals surface area contributed by atoms with Crippen LogP contribution in [0.25, 0.3) is 0 Å². The molecule has 16 heavy (non-hydrogen) atoms. The summed E-state index contributed by atoms with van der Waals surface area (Å²) in [5, 5.41) is 0. The zero-order valence-electron chi connectivity index (χ0n) is 9.08. The van der Waals surface area contributed by atoms with Crippen LogP contribution < -0.4 is 0 Å². The highest BCUT2D eigenvalue weighted by atomic mass is 19.1. The fourth-order valence-electron chi connectivity index (χ4n) is 1.92. The molecule has 1 aliphatic carbocycles. The van der Waals surface area contributed by atoms with Gasteiger partial charge in [0, 0.05) is 0 Å². The molecule has 84 valence electrons. The van der Waals surface area contributed by atoms with Gasteiger partial charge in [-0.1, -0.05) is 24.3 Å². The molecule has 0 aliphatic heterocycles. The van der Waals surface area contributed by atoms with E-state index in [4.69, 9.17) is 0 Å². The van der Waals surface area contributed by atoms with Crippen molar-refractivity contribution in [1.82, 2.24) is 0 Å². The number of alkyl halides is 1. The van der Waals surface area contributed by atoms with Crippen molar-refractivity contribution in [1.29, 1.82) is 0 Å². The fraction of sp³-hybridized carbons (Fsp3) is 0.462. The summed E-state index contributed by atoms with van der Waals surface area (Å²) in [5.74, 6) is 0. The summed E-state index contributed by atoms with van der Waals surface area (Å²) < 4.78 is 12.0. The lowest BCUT2D eigenvalue weighted by Gasteiger charge is -2.08. The molecule has 0 aromatic heterocycles. The highest BCUT2D eigenvalue weighted by Gasteiger charge is 2.44. The summed E-state index contributed by atoms with van der Waals surface area (Å²) in [5.41, 5.74) is 1.91. The van der Waals surface area contributed by atoms with Crippen LogP contribution in [-0.4, -0.2) is 12.8 Å². The van der Waals surface area contributed by atoms with E-state index in [-0.39, 0.29) is 12.2 Å². The number of carbonyl (C=O) groups excluding carboxylic acids is 1. The molecule has 0 bridgehead atoms. The SMILES string of the molecule is O=C=NC1(c2ccc(CCCF)cc2)CC1. The molecule has 0 atom stereocenters. The average Bonchev–Trinajstić information content (AvgIpc) is 3.09. The Balaban J connectivity index is 2.10. The minimum atomic E-state index is -0.291. The van der Waals surface area contributed by atoms with Crippen molar-refractivity contribution in [2.75, 3.05) is 6.67 Å². The van der Waals surface area contributed by atoms with Crippen molar-refractivity contribution >= 4 is 6.08 Å². The van der Waals surface area contributed by atoms with Gasteiger partial charge in [-0.05, 0) is 36.8 Å². The number of rotatable bonds is 5. The molecule has 0 spiro atoms. The Kier molecular flexibility index (Phi) is 3.16. The first-order valence-corrected chi connectivity index (χ1v) is 5.55. The van der Waals surface area contributed by atoms with Gasteiger partial charge in [0.05, 0.1) is 12.2 Å². The first-order chi connectivity index (χ1) is 7.80. The van der Waals surface area contributed by atoms with Gasteiger partial charge in [0.25, 0.3) is 0 Å². The standard InChI is InChI=1S/C13H14FNO/c14-9-1-2-11-3-5-12(6-4-11)13(7-8-13)15-10-16/h3-6H,1-2,7-9H2. The Morgan fingerprint density at radius 3 is 2.50 bits per heavy atom. The molecule has 0 N–H and O–H groups in total. The van der Waals surface area contributed by atoms with Gasteiger partial charge in [-0.25, -0.2) is 4.79 Å². The summed E-state index contributed by atoms with van der Waals surface area (Å²) in [6, 6.07) is 7.96. The van der Waals surface area contributed by atoms with Crippen LogP contribution in [-0.2, 0) is 16.8 Å². The third kappa shape index (κ3) is 2.20. The number of hydrogen-bond donors (Lipinski definition) is 0. The first-order valence-electron chi connectivity index (χ1n) is 5.55. The first kappa shape index (κ1) is 11.0. The summed E-state index contributed by atoms with van der Waals surface area (Å²) in [7, 11) is 0. The molecule has 0 amide bonds. The second kappa shape index (κ2) is 4.58. The molecular weight excluding hydrogens is 205 g/mol. The number of isocyanates is 1. The molecule has 0 heterocycles. The van der Waals surface area contributed by atoms with E-state index >= 15 is 0 Å². The molecule has 0 saturated heterocycles. The van der Waals surface area contributed by atoms with E-state index in [2.05, 4.69) is 4.99 Å². The minimum absolute atomic E-state index is 0.277. The van der Waals surface area contributed by atoms with Crippen molar-refractivity contribution in [3.8, 4) is 0 Å². The molecule has 1 aromatic carbocycles. The maximum absolute atomic E-state index is 12.0. The maximum atomic E-state index is 12.0. The number of aliphatic imine (C=N–C) groups is 1. The van der Waals surface area contributed by atoms with E-state index in [1.165, 1.54) is 0 Å². The Morgan fingerprint density at radius 1 is 1.31 bits per heavy atom. The maximum Gasteiger partial charge on any atom is 0.235 e. The van der Waals surface area contributed by atoms with Crippen molar-refractivity contribution in [3.63, 3.8) is 0 Å². The smallest absolute Gasteiger partial charge is 0.235 e. The molecule has 2 rings (SSSR count). The van der Waals surface area contributed by atoms with Gasteiger partial charge in [0.2, 0.25) is 6.08 Å². The van der Waals surface area contributed by atoms with E-state index in [0.717, 1.165) is 30.4 Å². The zero-order chi connectivity index (χ0) is 11.4. The lowest BCUT2D eigenvalue weighted by atomic mass is 10.0. The average molecular weight is 219 g/mol. The van der Waals surface area contributed by atoms with Crippen LogP contribution in [0, 0.1) is 0 Å². The van der Waals surface area contributed by atoms with Crippen molar-refractivity contribution in [2.24, 2.45) is 4.99 Å². The molecule has 3 heteroatoms. The molecule has 1 aliphatic rings. The van der Waals surface area contributed by atoms with Crippen molar-refractivity contribution in [2.45, 2.75) is 31.2 Å². The molecule has 1 saturated carbocycles. The lowest BCUT2D eigenvalue weighted by molar-refractivity contribution is 0.473. The van der Waals surface area contributed by atoms with E-state index in [0.29, 0.717) is 6.42 Å². The molecular formula is C13H14FNO. The number of aryl methyl sites for hydroxylation is 1. The normalized spacial score (nSPS) is 16.6. The van der Waals surface area contributed by atoms with E-state index in [1.54, 1.807) is 6.08 Å². The van der Waals surface area contributed by atoms with Gasteiger partial charge in [0.1, 0.15) is 0 Å². The predicted molar refractivity (Wildman–Crippen MR) is 59.8 cm³/mol. The third-order valence-corrected chi connectivity index (χ3v) is 3.07. The zero-order valence-corrected chi connectivity index (χ0v) is 9.08. The number of nitrogens with zero attached hydrogens (tertiary/aromatic N) is 1. The van der Waals surface area contributed by atoms with Gasteiger partial charge in [0.15, 0.2) is 0 Å². The lowest BCUT2D eigenvalue weighted by Crippen LogP contribution is -2.02. The Morgan fingerprint density at radius 2 is 2.00 bits per heavy atom. The van der Waals surface area contributed by atoms with Crippen molar-refractivity contribution in [3.05, 3.63) is 35.4 Å². The molecule has 1 aromatic rings. The Bertz CT molecular complexity index is 402. The van der Waals surface area contributed by atoms with Crippen LogP contribution in [0.15, 0.2) is 29.3 Å². The van der Waals surface area contributed by atoms with Crippen LogP contribution in [0.1, 0.15) is 30.4 Å². The van der Waals surface area contributed by atoms with Crippen LogP contribution >= 0.6 is 0 Å². The highest BCUT2D eigenvalue weighted by Crippen LogP contribution is 2.49. The fourth-order valence-corrected chi connectivity index (χ4v) is 1.92. The predicted octanol–water partition coefficient (Wildman–Crippen LogP) is 2.91. The van der Waals surface area contributed by atoms with Gasteiger partial charge in [-0.15, -0.1) is 0 Å². The topological polar surface area (TPSA) is 29.4 Å². The van der Waals surface area contributed by atoms with E-state index in [1.807, 2.05) is 24.3 Å². The Labute approximate surface area is 94.2 Å². The van der Waals surface area contributed by atoms with Gasteiger partial charge in [-0.3, -0.25) is 4.39 Å². The second-order valence-corrected chi connectivity index (χ2v) is 4.22. The van der Waals surface area contributed by atoms with E-state index < -0.39 is 0 Å².